The smallest absolute Gasteiger partial charge is 0.0541 e. The first kappa shape index (κ1) is 47.5. The molecule has 0 radical (unpaired) electrons. The summed E-state index contributed by atoms with van der Waals surface area (Å²) >= 11 is 0. The predicted molar refractivity (Wildman–Crippen MR) is 322 cm³/mol. The fourth-order valence-corrected chi connectivity index (χ4v) is 12.1. The molecule has 2 bridgehead atoms. The van der Waals surface area contributed by atoms with Crippen LogP contribution in [-0.2, 0) is 12.8 Å². The molecule has 1 heteroatoms. The molecule has 0 saturated heterocycles. The van der Waals surface area contributed by atoms with Gasteiger partial charge in [-0.05, 0) is 175 Å². The summed E-state index contributed by atoms with van der Waals surface area (Å²) in [4.78, 5) is 0. The summed E-state index contributed by atoms with van der Waals surface area (Å²) in [5, 5.41) is 7.61. The van der Waals surface area contributed by atoms with E-state index in [0.29, 0.717) is 0 Å². The Morgan fingerprint density at radius 2 is 1.31 bits per heavy atom. The number of hydrogen-bond acceptors (Lipinski definition) is 0. The van der Waals surface area contributed by atoms with Gasteiger partial charge in [-0.3, -0.25) is 0 Å². The van der Waals surface area contributed by atoms with Crippen molar-refractivity contribution in [1.29, 1.82) is 0 Å². The number of hydrogen-bond donors (Lipinski definition) is 0. The van der Waals surface area contributed by atoms with Gasteiger partial charge >= 0.3 is 0 Å². The summed E-state index contributed by atoms with van der Waals surface area (Å²) < 4.78 is 2.50. The second-order valence-corrected chi connectivity index (χ2v) is 20.7. The van der Waals surface area contributed by atoms with Gasteiger partial charge in [0.25, 0.3) is 0 Å². The first-order valence-corrected chi connectivity index (χ1v) is 27.0. The van der Waals surface area contributed by atoms with E-state index >= 15 is 0 Å². The molecule has 364 valence electrons. The summed E-state index contributed by atoms with van der Waals surface area (Å²) in [6.45, 7) is 9.28. The third-order valence-corrected chi connectivity index (χ3v) is 16.1. The molecule has 0 spiro atoms. The molecule has 0 amide bonds. The Kier molecular flexibility index (Phi) is 13.2. The van der Waals surface area contributed by atoms with Gasteiger partial charge in [0.1, 0.15) is 0 Å². The largest absolute Gasteiger partial charge is 0.309 e. The Morgan fingerprint density at radius 3 is 2.19 bits per heavy atom. The van der Waals surface area contributed by atoms with Gasteiger partial charge in [-0.25, -0.2) is 0 Å². The Balaban J connectivity index is 1.05. The van der Waals surface area contributed by atoms with Crippen molar-refractivity contribution in [3.05, 3.63) is 304 Å². The normalized spacial score (nSPS) is 20.2. The van der Waals surface area contributed by atoms with E-state index < -0.39 is 0 Å². The molecule has 8 aromatic carbocycles. The van der Waals surface area contributed by atoms with Crippen LogP contribution in [-0.4, -0.2) is 4.57 Å². The molecule has 3 unspecified atom stereocenters. The standard InChI is InChI=1S/C74H63N/c1-5-6-9-27-59-45-51(3)52(4)64(42-35-50(2)73-61-28-12-8-13-29-62(47-61)74(55-24-10-7-11-25-55)69-33-19-18-32-68(69)73)66-43-41-63(48-60(66)39-37-54-23-16-17-30-65(54)59)75-71-34-21-20-31-67(71)70-49-58(40-44-72(70)75)57-38-36-53-22-14-15-26-56(53)46-57/h5-7,9-36,38,40-49,51-52,61H,8,37,39H2,1-4H3/b6-5-,27-9-,28-12-,29-13-,50-35+,59-45-,64-42+. The van der Waals surface area contributed by atoms with Crippen LogP contribution in [0.2, 0.25) is 0 Å². The second-order valence-electron chi connectivity index (χ2n) is 20.7. The number of rotatable bonds is 7. The molecule has 0 aliphatic heterocycles. The zero-order chi connectivity index (χ0) is 50.8. The van der Waals surface area contributed by atoms with Crippen LogP contribution in [0.5, 0.6) is 0 Å². The fourth-order valence-electron chi connectivity index (χ4n) is 12.1. The molecule has 0 fully saturated rings. The lowest BCUT2D eigenvalue weighted by Crippen LogP contribution is -2.30. The molecule has 75 heavy (non-hydrogen) atoms. The Bertz CT molecular complexity index is 4080. The number of para-hydroxylation sites is 1. The Morgan fingerprint density at radius 1 is 0.573 bits per heavy atom. The third kappa shape index (κ3) is 9.19. The minimum atomic E-state index is 0.114. The highest BCUT2D eigenvalue weighted by Gasteiger charge is 2.25. The number of aromatic nitrogens is 1. The van der Waals surface area contributed by atoms with Crippen LogP contribution in [0.15, 0.2) is 266 Å². The molecule has 12 rings (SSSR count). The molecule has 1 heterocycles. The molecule has 9 aromatic rings. The summed E-state index contributed by atoms with van der Waals surface area (Å²) in [6, 6.07) is 67.9. The van der Waals surface area contributed by atoms with Crippen LogP contribution in [0.25, 0.3) is 71.7 Å². The average Bonchev–Trinajstić information content (AvgIpc) is 3.72. The number of fused-ring (bicyclic) bond motifs is 8. The third-order valence-electron chi connectivity index (χ3n) is 16.1. The lowest BCUT2D eigenvalue weighted by atomic mass is 9.81. The van der Waals surface area contributed by atoms with Crippen molar-refractivity contribution in [3.8, 4) is 16.8 Å². The van der Waals surface area contributed by atoms with Crippen molar-refractivity contribution < 1.29 is 0 Å². The van der Waals surface area contributed by atoms with Crippen molar-refractivity contribution in [3.63, 3.8) is 0 Å². The first-order valence-electron chi connectivity index (χ1n) is 27.0. The van der Waals surface area contributed by atoms with Crippen LogP contribution in [0.1, 0.15) is 61.9 Å². The van der Waals surface area contributed by atoms with Gasteiger partial charge in [0.2, 0.25) is 0 Å². The maximum absolute atomic E-state index is 2.52. The lowest BCUT2D eigenvalue weighted by Gasteiger charge is -2.24. The molecule has 1 aromatic heterocycles. The lowest BCUT2D eigenvalue weighted by molar-refractivity contribution is 0.574. The first-order chi connectivity index (χ1) is 36.9. The number of aryl methyl sites for hydroxylation is 2. The highest BCUT2D eigenvalue weighted by Crippen LogP contribution is 2.41. The van der Waals surface area contributed by atoms with E-state index in [4.69, 9.17) is 0 Å². The number of allylic oxidation sites excluding steroid dienone is 16. The predicted octanol–water partition coefficient (Wildman–Crippen LogP) is 17.6. The topological polar surface area (TPSA) is 4.93 Å². The van der Waals surface area contributed by atoms with Crippen LogP contribution < -0.4 is 10.4 Å². The number of benzene rings is 8. The average molecular weight is 966 g/mol. The maximum Gasteiger partial charge on any atom is 0.0541 e. The van der Waals surface area contributed by atoms with Crippen LogP contribution in [0.3, 0.4) is 0 Å². The highest BCUT2D eigenvalue weighted by molar-refractivity contribution is 6.10. The maximum atomic E-state index is 2.52. The number of nitrogens with zero attached hydrogens (tertiary/aromatic N) is 1. The molecular formula is C74H63N. The summed E-state index contributed by atoms with van der Waals surface area (Å²) in [6.07, 6.45) is 30.8. The molecule has 3 aliphatic carbocycles. The van der Waals surface area contributed by atoms with Crippen molar-refractivity contribution >= 4 is 54.9 Å². The van der Waals surface area contributed by atoms with E-state index in [1.54, 1.807) is 0 Å². The summed E-state index contributed by atoms with van der Waals surface area (Å²) in [7, 11) is 0. The van der Waals surface area contributed by atoms with Crippen LogP contribution in [0.4, 0.5) is 0 Å². The SMILES string of the molecule is C\C=C/C=C\C1=C\C(C)C(C)/C(=C\C=C(/C)C2=c3ccccc3=C(c3ccccc3)C3=CC2/C=C\C/C=C\3)c2ccc(-n3c4ccccc4c4cc(-c5ccc6ccccc6c5)ccc43)cc2CCc2ccccc21. The van der Waals surface area contributed by atoms with Crippen LogP contribution in [0, 0.1) is 17.8 Å². The van der Waals surface area contributed by atoms with Crippen molar-refractivity contribution in [2.75, 3.05) is 0 Å². The second kappa shape index (κ2) is 20.8. The van der Waals surface area contributed by atoms with E-state index in [0.717, 1.165) is 19.3 Å². The van der Waals surface area contributed by atoms with E-state index in [1.807, 2.05) is 0 Å². The van der Waals surface area contributed by atoms with Crippen molar-refractivity contribution in [2.24, 2.45) is 17.8 Å². The monoisotopic (exact) mass is 965 g/mol. The molecule has 3 atom stereocenters. The van der Waals surface area contributed by atoms with Crippen molar-refractivity contribution in [1.82, 2.24) is 4.57 Å². The molecule has 0 N–H and O–H groups in total. The van der Waals surface area contributed by atoms with Gasteiger partial charge in [-0.2, -0.15) is 0 Å². The quantitative estimate of drug-likeness (QED) is 0.111. The molecule has 0 saturated carbocycles. The highest BCUT2D eigenvalue weighted by atomic mass is 15.0. The molecular weight excluding hydrogens is 903 g/mol. The van der Waals surface area contributed by atoms with Crippen molar-refractivity contribution in [2.45, 2.75) is 47.0 Å². The minimum Gasteiger partial charge on any atom is -0.309 e. The van der Waals surface area contributed by atoms with Gasteiger partial charge < -0.3 is 4.57 Å². The fraction of sp³-hybridized carbons (Fsp3) is 0.135. The van der Waals surface area contributed by atoms with E-state index in [9.17, 15) is 0 Å². The van der Waals surface area contributed by atoms with Gasteiger partial charge in [0, 0.05) is 22.4 Å². The van der Waals surface area contributed by atoms with Gasteiger partial charge in [0.15, 0.2) is 0 Å². The zero-order valence-corrected chi connectivity index (χ0v) is 43.5. The Labute approximate surface area is 442 Å². The zero-order valence-electron chi connectivity index (χ0n) is 43.5. The molecule has 3 aliphatic rings. The van der Waals surface area contributed by atoms with Gasteiger partial charge in [0.05, 0.1) is 11.0 Å². The van der Waals surface area contributed by atoms with Gasteiger partial charge in [-0.1, -0.05) is 232 Å². The van der Waals surface area contributed by atoms with Gasteiger partial charge in [-0.15, -0.1) is 0 Å². The van der Waals surface area contributed by atoms with E-state index in [1.165, 1.54) is 121 Å². The van der Waals surface area contributed by atoms with E-state index in [-0.39, 0.29) is 17.8 Å². The minimum absolute atomic E-state index is 0.114. The summed E-state index contributed by atoms with van der Waals surface area (Å²) in [5.74, 6) is 0.532. The summed E-state index contributed by atoms with van der Waals surface area (Å²) in [5.41, 5.74) is 20.5. The molecule has 1 nitrogen and oxygen atoms in total. The van der Waals surface area contributed by atoms with E-state index in [2.05, 4.69) is 287 Å². The Hall–Kier alpha value is -8.52. The van der Waals surface area contributed by atoms with Crippen LogP contribution >= 0.6 is 0 Å².